The minimum Gasteiger partial charge on any atom is -0.392 e. The Bertz CT molecular complexity index is 1570. The van der Waals surface area contributed by atoms with Crippen LogP contribution in [0.2, 0.25) is 0 Å². The van der Waals surface area contributed by atoms with Crippen molar-refractivity contribution in [2.75, 3.05) is 13.1 Å². The minimum absolute atomic E-state index is 0.0107. The summed E-state index contributed by atoms with van der Waals surface area (Å²) in [5.41, 5.74) is 2.35. The molecular weight excluding hydrogens is 640 g/mol. The van der Waals surface area contributed by atoms with Gasteiger partial charge >= 0.3 is 0 Å². The molecule has 5 N–H and O–H groups in total. The van der Waals surface area contributed by atoms with Crippen LogP contribution in [0.3, 0.4) is 0 Å². The largest absolute Gasteiger partial charge is 0.392 e. The van der Waals surface area contributed by atoms with Gasteiger partial charge in [-0.05, 0) is 88.8 Å². The van der Waals surface area contributed by atoms with Crippen LogP contribution in [0.15, 0.2) is 54.6 Å². The predicted molar refractivity (Wildman–Crippen MR) is 202 cm³/mol. The number of fused-ring (bicyclic) bond motifs is 2. The zero-order valence-corrected chi connectivity index (χ0v) is 31.5. The minimum atomic E-state index is -0.835. The van der Waals surface area contributed by atoms with Crippen molar-refractivity contribution in [3.05, 3.63) is 66.0 Å². The molecule has 1 saturated carbocycles. The van der Waals surface area contributed by atoms with Crippen molar-refractivity contribution in [1.82, 2.24) is 30.8 Å². The van der Waals surface area contributed by atoms with Gasteiger partial charge in [0.05, 0.1) is 29.2 Å². The number of carbonyl (C=O) groups is 3. The lowest BCUT2D eigenvalue weighted by Crippen LogP contribution is -2.58. The number of rotatable bonds is 14. The number of hydrogen-bond donors (Lipinski definition) is 5. The van der Waals surface area contributed by atoms with E-state index < -0.39 is 24.1 Å². The molecular formula is C41H60N6O4. The summed E-state index contributed by atoms with van der Waals surface area (Å²) in [4.78, 5) is 51.7. The van der Waals surface area contributed by atoms with Crippen LogP contribution in [0.5, 0.6) is 0 Å². The zero-order chi connectivity index (χ0) is 36.7. The third-order valence-corrected chi connectivity index (χ3v) is 11.0. The second kappa shape index (κ2) is 17.2. The summed E-state index contributed by atoms with van der Waals surface area (Å²) in [5, 5.41) is 21.0. The van der Waals surface area contributed by atoms with Crippen LogP contribution in [0.25, 0.3) is 11.0 Å². The van der Waals surface area contributed by atoms with Crippen molar-refractivity contribution < 1.29 is 19.5 Å². The summed E-state index contributed by atoms with van der Waals surface area (Å²) in [7, 11) is 0. The molecule has 0 radical (unpaired) electrons. The molecule has 1 unspecified atom stereocenters. The zero-order valence-electron chi connectivity index (χ0n) is 31.5. The lowest BCUT2D eigenvalue weighted by atomic mass is 9.72. The number of hydrogen-bond acceptors (Lipinski definition) is 6. The molecule has 0 spiro atoms. The molecule has 10 heteroatoms. The normalized spacial score (nSPS) is 22.6. The topological polar surface area (TPSA) is 139 Å². The lowest BCUT2D eigenvalue weighted by molar-refractivity contribution is -0.134. The molecule has 2 fully saturated rings. The first kappa shape index (κ1) is 38.5. The Kier molecular flexibility index (Phi) is 13.0. The number of aliphatic hydroxyl groups is 1. The Morgan fingerprint density at radius 1 is 0.961 bits per heavy atom. The Morgan fingerprint density at radius 3 is 2.33 bits per heavy atom. The highest BCUT2D eigenvalue weighted by Gasteiger charge is 2.41. The standard InChI is InChI=1S/C41H60N6O4/c1-7-26(2)36(40(51)42-27(3)37-43-33-19-13-14-20-34(33)44-37)45-38(49)31(21-28-15-9-8-10-16-28)22-32(48)25-47-24-30-18-12-11-17-29(30)23-35(47)39(50)46-41(4,5)6/h8-10,13-16,19-20,26-27,29-32,35-36,48H,7,11-12,17-18,21-25H2,1-6H3,(H,42,51)(H,43,44)(H,45,49)(H,46,50)/t26-,27+,29-,30+,31+,32?,35-,36-/m0/s1. The van der Waals surface area contributed by atoms with Crippen molar-refractivity contribution >= 4 is 28.8 Å². The Hall–Kier alpha value is -3.76. The number of nitrogens with zero attached hydrogens (tertiary/aromatic N) is 2. The molecule has 0 bridgehead atoms. The van der Waals surface area contributed by atoms with Gasteiger partial charge in [0.15, 0.2) is 0 Å². The van der Waals surface area contributed by atoms with E-state index in [4.69, 9.17) is 0 Å². The number of aromatic nitrogens is 2. The molecule has 1 saturated heterocycles. The fourth-order valence-corrected chi connectivity index (χ4v) is 8.00. The van der Waals surface area contributed by atoms with Gasteiger partial charge in [0.25, 0.3) is 0 Å². The van der Waals surface area contributed by atoms with E-state index in [0.717, 1.165) is 42.4 Å². The average Bonchev–Trinajstić information content (AvgIpc) is 3.54. The van der Waals surface area contributed by atoms with Crippen LogP contribution in [0, 0.1) is 23.7 Å². The van der Waals surface area contributed by atoms with E-state index in [9.17, 15) is 19.5 Å². The number of nitrogens with one attached hydrogen (secondary N) is 4. The summed E-state index contributed by atoms with van der Waals surface area (Å²) in [6.07, 6.45) is 6.01. The number of β-amino-alcohol motifs (C(OH)–C–C–N with tert-alkyl or cyclic N) is 1. The van der Waals surface area contributed by atoms with Crippen LogP contribution in [0.4, 0.5) is 0 Å². The molecule has 1 aromatic heterocycles. The van der Waals surface area contributed by atoms with Crippen LogP contribution >= 0.6 is 0 Å². The van der Waals surface area contributed by atoms with Gasteiger partial charge in [-0.3, -0.25) is 19.3 Å². The maximum Gasteiger partial charge on any atom is 0.243 e. The Labute approximate surface area is 303 Å². The first-order chi connectivity index (χ1) is 24.3. The molecule has 3 amide bonds. The highest BCUT2D eigenvalue weighted by atomic mass is 16.3. The number of piperidine rings is 1. The maximum absolute atomic E-state index is 14.2. The quantitative estimate of drug-likeness (QED) is 0.147. The first-order valence-electron chi connectivity index (χ1n) is 19.1. The molecule has 1 aliphatic carbocycles. The van der Waals surface area contributed by atoms with Crippen molar-refractivity contribution in [3.63, 3.8) is 0 Å². The number of para-hydroxylation sites is 2. The van der Waals surface area contributed by atoms with E-state index in [2.05, 4.69) is 30.8 Å². The van der Waals surface area contributed by atoms with Gasteiger partial charge in [-0.15, -0.1) is 0 Å². The second-order valence-electron chi connectivity index (χ2n) is 16.3. The third-order valence-electron chi connectivity index (χ3n) is 11.0. The van der Waals surface area contributed by atoms with Crippen molar-refractivity contribution in [1.29, 1.82) is 0 Å². The van der Waals surface area contributed by atoms with Crippen LogP contribution in [-0.4, -0.2) is 74.5 Å². The van der Waals surface area contributed by atoms with Gasteiger partial charge in [0, 0.05) is 24.5 Å². The number of aliphatic hydroxyl groups excluding tert-OH is 1. The smallest absolute Gasteiger partial charge is 0.243 e. The molecule has 2 aromatic carbocycles. The number of aromatic amines is 1. The third kappa shape index (κ3) is 10.4. The van der Waals surface area contributed by atoms with E-state index in [0.29, 0.717) is 37.0 Å². The number of benzene rings is 2. The molecule has 51 heavy (non-hydrogen) atoms. The SMILES string of the molecule is CC[C@H](C)[C@H](NC(=O)[C@H](Cc1ccccc1)CC(O)CN1C[C@H]2CCCC[C@H]2C[C@H]1C(=O)NC(C)(C)C)C(=O)N[C@H](C)c1nc2ccccc2[nH]1. The second-order valence-corrected chi connectivity index (χ2v) is 16.3. The van der Waals surface area contributed by atoms with Gasteiger partial charge < -0.3 is 26.0 Å². The number of amides is 3. The van der Waals surface area contributed by atoms with E-state index >= 15 is 0 Å². The van der Waals surface area contributed by atoms with E-state index in [1.54, 1.807) is 0 Å². The summed E-state index contributed by atoms with van der Waals surface area (Å²) in [6.45, 7) is 12.9. The Morgan fingerprint density at radius 2 is 1.65 bits per heavy atom. The number of H-pyrrole nitrogens is 1. The lowest BCUT2D eigenvalue weighted by Gasteiger charge is -2.46. The van der Waals surface area contributed by atoms with Crippen molar-refractivity contribution in [2.24, 2.45) is 23.7 Å². The van der Waals surface area contributed by atoms with Crippen LogP contribution in [0.1, 0.15) is 104 Å². The summed E-state index contributed by atoms with van der Waals surface area (Å²) in [6, 6.07) is 16.1. The highest BCUT2D eigenvalue weighted by molar-refractivity contribution is 5.89. The fraction of sp³-hybridized carbons (Fsp3) is 0.610. The van der Waals surface area contributed by atoms with E-state index in [1.165, 1.54) is 12.8 Å². The molecule has 1 aliphatic heterocycles. The van der Waals surface area contributed by atoms with Crippen molar-refractivity contribution in [2.45, 2.75) is 123 Å². The fourth-order valence-electron chi connectivity index (χ4n) is 8.00. The van der Waals surface area contributed by atoms with Crippen molar-refractivity contribution in [3.8, 4) is 0 Å². The molecule has 5 rings (SSSR count). The van der Waals surface area contributed by atoms with E-state index in [1.807, 2.05) is 96.1 Å². The van der Waals surface area contributed by atoms with Gasteiger partial charge in [-0.25, -0.2) is 4.98 Å². The first-order valence-corrected chi connectivity index (χ1v) is 19.1. The number of likely N-dealkylation sites (tertiary alicyclic amines) is 1. The van der Waals surface area contributed by atoms with Crippen LogP contribution < -0.4 is 16.0 Å². The number of imidazole rings is 1. The monoisotopic (exact) mass is 700 g/mol. The van der Waals surface area contributed by atoms with Gasteiger partial charge in [0.2, 0.25) is 17.7 Å². The average molecular weight is 701 g/mol. The predicted octanol–water partition coefficient (Wildman–Crippen LogP) is 5.68. The summed E-state index contributed by atoms with van der Waals surface area (Å²) in [5.74, 6) is 0.465. The number of carbonyl (C=O) groups excluding carboxylic acids is 3. The summed E-state index contributed by atoms with van der Waals surface area (Å²) >= 11 is 0. The van der Waals surface area contributed by atoms with Gasteiger partial charge in [-0.2, -0.15) is 0 Å². The molecule has 2 heterocycles. The van der Waals surface area contributed by atoms with E-state index in [-0.39, 0.29) is 41.6 Å². The Balaban J connectivity index is 1.30. The van der Waals surface area contributed by atoms with Crippen LogP contribution in [-0.2, 0) is 20.8 Å². The summed E-state index contributed by atoms with van der Waals surface area (Å²) < 4.78 is 0. The maximum atomic E-state index is 14.2. The molecule has 2 aliphatic rings. The van der Waals surface area contributed by atoms with Gasteiger partial charge in [0.1, 0.15) is 11.9 Å². The molecule has 278 valence electrons. The highest BCUT2D eigenvalue weighted by Crippen LogP contribution is 2.39. The molecule has 3 aromatic rings. The molecule has 8 atom stereocenters. The van der Waals surface area contributed by atoms with Gasteiger partial charge in [-0.1, -0.05) is 82.0 Å². The molecule has 10 nitrogen and oxygen atoms in total.